The molecule has 1 amide bonds. The van der Waals surface area contributed by atoms with Crippen LogP contribution in [-0.4, -0.2) is 39.5 Å². The maximum atomic E-state index is 12.5. The fourth-order valence-electron chi connectivity index (χ4n) is 2.63. The van der Waals surface area contributed by atoms with Crippen LogP contribution in [0.15, 0.2) is 40.6 Å². The number of thiophene rings is 1. The van der Waals surface area contributed by atoms with Crippen molar-refractivity contribution in [3.05, 3.63) is 47.1 Å². The average molecular weight is 433 g/mol. The molecular formula is C19H20N4O4S2. The van der Waals surface area contributed by atoms with E-state index in [1.54, 1.807) is 24.5 Å². The van der Waals surface area contributed by atoms with Crippen LogP contribution in [0.2, 0.25) is 0 Å². The molecule has 0 saturated carbocycles. The molecule has 0 radical (unpaired) electrons. The van der Waals surface area contributed by atoms with E-state index in [1.807, 2.05) is 18.4 Å². The first-order valence-electron chi connectivity index (χ1n) is 8.65. The Hall–Kier alpha value is -2.85. The van der Waals surface area contributed by atoms with E-state index in [9.17, 15) is 9.59 Å². The zero-order chi connectivity index (χ0) is 21.0. The molecule has 0 aliphatic rings. The van der Waals surface area contributed by atoms with Crippen molar-refractivity contribution in [3.8, 4) is 11.6 Å². The van der Waals surface area contributed by atoms with Crippen molar-refractivity contribution in [2.24, 2.45) is 0 Å². The number of nitrogens with zero attached hydrogens (tertiary/aromatic N) is 3. The van der Waals surface area contributed by atoms with Gasteiger partial charge in [-0.05, 0) is 31.5 Å². The molecule has 152 valence electrons. The van der Waals surface area contributed by atoms with Gasteiger partial charge < -0.3 is 14.5 Å². The van der Waals surface area contributed by atoms with Crippen LogP contribution in [0.1, 0.15) is 20.8 Å². The number of rotatable bonds is 8. The van der Waals surface area contributed by atoms with Crippen LogP contribution in [0.3, 0.4) is 0 Å². The van der Waals surface area contributed by atoms with Gasteiger partial charge in [-0.3, -0.25) is 9.36 Å². The second-order valence-corrected chi connectivity index (χ2v) is 8.17. The van der Waals surface area contributed by atoms with Crippen molar-refractivity contribution < 1.29 is 18.7 Å². The highest BCUT2D eigenvalue weighted by Gasteiger charge is 2.22. The lowest BCUT2D eigenvalue weighted by atomic mass is 10.1. The summed E-state index contributed by atoms with van der Waals surface area (Å²) in [5.74, 6) is 0.528. The monoisotopic (exact) mass is 432 g/mol. The number of amides is 1. The maximum Gasteiger partial charge on any atom is 0.341 e. The van der Waals surface area contributed by atoms with Crippen molar-refractivity contribution in [2.45, 2.75) is 25.5 Å². The molecule has 3 aromatic rings. The Kier molecular flexibility index (Phi) is 6.55. The Balaban J connectivity index is 1.73. The number of allylic oxidation sites excluding steroid dienone is 1. The third-order valence-electron chi connectivity index (χ3n) is 4.13. The molecule has 3 heterocycles. The number of carbonyl (C=O) groups excluding carboxylic acids is 2. The molecule has 0 aliphatic carbocycles. The first-order chi connectivity index (χ1) is 14.0. The van der Waals surface area contributed by atoms with Crippen LogP contribution < -0.4 is 5.32 Å². The predicted molar refractivity (Wildman–Crippen MR) is 112 cm³/mol. The third-order valence-corrected chi connectivity index (χ3v) is 6.22. The summed E-state index contributed by atoms with van der Waals surface area (Å²) in [7, 11) is 1.32. The number of esters is 1. The number of anilines is 1. The highest BCUT2D eigenvalue weighted by Crippen LogP contribution is 2.33. The minimum atomic E-state index is -0.469. The minimum Gasteiger partial charge on any atom is -0.465 e. The van der Waals surface area contributed by atoms with E-state index < -0.39 is 5.97 Å². The third kappa shape index (κ3) is 4.43. The van der Waals surface area contributed by atoms with Crippen LogP contribution in [-0.2, 0) is 16.1 Å². The number of nitrogens with one attached hydrogen (secondary N) is 1. The number of thioether (sulfide) groups is 1. The lowest BCUT2D eigenvalue weighted by molar-refractivity contribution is -0.113. The Labute approximate surface area is 176 Å². The van der Waals surface area contributed by atoms with E-state index in [0.717, 1.165) is 10.4 Å². The molecular weight excluding hydrogens is 412 g/mol. The van der Waals surface area contributed by atoms with Crippen LogP contribution in [0.25, 0.3) is 11.6 Å². The molecule has 0 aliphatic heterocycles. The lowest BCUT2D eigenvalue weighted by Crippen LogP contribution is -2.16. The fraction of sp³-hybridized carbons (Fsp3) is 0.263. The summed E-state index contributed by atoms with van der Waals surface area (Å²) in [5, 5.41) is 12.2. The molecule has 0 aromatic carbocycles. The van der Waals surface area contributed by atoms with Gasteiger partial charge in [0, 0.05) is 11.4 Å². The molecule has 29 heavy (non-hydrogen) atoms. The first-order valence-corrected chi connectivity index (χ1v) is 10.4. The van der Waals surface area contributed by atoms with E-state index in [4.69, 9.17) is 9.15 Å². The number of aromatic nitrogens is 3. The Bertz CT molecular complexity index is 1040. The Morgan fingerprint density at radius 1 is 1.41 bits per heavy atom. The SMILES string of the molecule is C=CCn1c(SCC(=O)Nc2sc(C)c(C)c2C(=O)OC)nnc1-c1ccco1. The van der Waals surface area contributed by atoms with Crippen molar-refractivity contribution in [2.75, 3.05) is 18.2 Å². The molecule has 0 fully saturated rings. The van der Waals surface area contributed by atoms with Gasteiger partial charge >= 0.3 is 5.97 Å². The van der Waals surface area contributed by atoms with E-state index >= 15 is 0 Å². The number of aryl methyl sites for hydroxylation is 1. The Morgan fingerprint density at radius 3 is 2.86 bits per heavy atom. The van der Waals surface area contributed by atoms with E-state index in [2.05, 4.69) is 22.1 Å². The molecule has 0 bridgehead atoms. The molecule has 0 saturated heterocycles. The maximum absolute atomic E-state index is 12.5. The largest absolute Gasteiger partial charge is 0.465 e. The molecule has 3 rings (SSSR count). The van der Waals surface area contributed by atoms with Gasteiger partial charge in [0.1, 0.15) is 5.00 Å². The second kappa shape index (κ2) is 9.10. The lowest BCUT2D eigenvalue weighted by Gasteiger charge is -2.07. The quantitative estimate of drug-likeness (QED) is 0.327. The summed E-state index contributed by atoms with van der Waals surface area (Å²) in [6.07, 6.45) is 3.28. The first kappa shape index (κ1) is 20.9. The van der Waals surface area contributed by atoms with Gasteiger partial charge in [0.15, 0.2) is 10.9 Å². The number of carbonyl (C=O) groups is 2. The van der Waals surface area contributed by atoms with Crippen molar-refractivity contribution in [1.29, 1.82) is 0 Å². The van der Waals surface area contributed by atoms with Gasteiger partial charge in [-0.2, -0.15) is 0 Å². The fourth-order valence-corrected chi connectivity index (χ4v) is 4.45. The minimum absolute atomic E-state index is 0.101. The van der Waals surface area contributed by atoms with Crippen LogP contribution >= 0.6 is 23.1 Å². The summed E-state index contributed by atoms with van der Waals surface area (Å²) < 4.78 is 12.1. The molecule has 10 heteroatoms. The van der Waals surface area contributed by atoms with Crippen LogP contribution in [0.5, 0.6) is 0 Å². The van der Waals surface area contributed by atoms with Crippen molar-refractivity contribution in [3.63, 3.8) is 0 Å². The summed E-state index contributed by atoms with van der Waals surface area (Å²) in [6, 6.07) is 3.56. The smallest absolute Gasteiger partial charge is 0.341 e. The summed E-state index contributed by atoms with van der Waals surface area (Å²) in [5.41, 5.74) is 1.20. The Morgan fingerprint density at radius 2 is 2.21 bits per heavy atom. The van der Waals surface area contributed by atoms with Crippen LogP contribution in [0.4, 0.5) is 5.00 Å². The molecule has 3 aromatic heterocycles. The summed E-state index contributed by atoms with van der Waals surface area (Å²) in [4.78, 5) is 25.5. The standard InChI is InChI=1S/C19H20N4O4S2/c1-5-8-23-16(13-7-6-9-27-13)21-22-19(23)28-10-14(24)20-17-15(18(25)26-4)11(2)12(3)29-17/h5-7,9H,1,8,10H2,2-4H3,(H,20,24). The zero-order valence-corrected chi connectivity index (χ0v) is 17.9. The van der Waals surface area contributed by atoms with Crippen LogP contribution in [0, 0.1) is 13.8 Å². The molecule has 8 nitrogen and oxygen atoms in total. The topological polar surface area (TPSA) is 99.2 Å². The van der Waals surface area contributed by atoms with E-state index in [-0.39, 0.29) is 11.7 Å². The molecule has 0 atom stereocenters. The van der Waals surface area contributed by atoms with Gasteiger partial charge in [-0.15, -0.1) is 28.1 Å². The highest BCUT2D eigenvalue weighted by atomic mass is 32.2. The second-order valence-electron chi connectivity index (χ2n) is 6.00. The molecule has 0 spiro atoms. The van der Waals surface area contributed by atoms with E-state index in [1.165, 1.54) is 30.2 Å². The number of methoxy groups -OCH3 is 1. The zero-order valence-electron chi connectivity index (χ0n) is 16.2. The number of furan rings is 1. The van der Waals surface area contributed by atoms with Gasteiger partial charge in [-0.25, -0.2) is 4.79 Å². The van der Waals surface area contributed by atoms with Gasteiger partial charge in [0.05, 0.1) is 24.7 Å². The molecule has 1 N–H and O–H groups in total. The normalized spacial score (nSPS) is 10.7. The van der Waals surface area contributed by atoms with Crippen molar-refractivity contribution in [1.82, 2.24) is 14.8 Å². The van der Waals surface area contributed by atoms with Gasteiger partial charge in [-0.1, -0.05) is 17.8 Å². The average Bonchev–Trinajstić information content (AvgIpc) is 3.41. The number of ether oxygens (including phenoxy) is 1. The number of hydrogen-bond acceptors (Lipinski definition) is 8. The number of hydrogen-bond donors (Lipinski definition) is 1. The van der Waals surface area contributed by atoms with Crippen molar-refractivity contribution >= 4 is 40.0 Å². The van der Waals surface area contributed by atoms with Gasteiger partial charge in [0.25, 0.3) is 0 Å². The highest BCUT2D eigenvalue weighted by molar-refractivity contribution is 7.99. The summed E-state index contributed by atoms with van der Waals surface area (Å²) in [6.45, 7) is 7.96. The summed E-state index contributed by atoms with van der Waals surface area (Å²) >= 11 is 2.59. The molecule has 0 unspecified atom stereocenters. The predicted octanol–water partition coefficient (Wildman–Crippen LogP) is 3.92. The van der Waals surface area contributed by atoms with Gasteiger partial charge in [0.2, 0.25) is 11.7 Å². The van der Waals surface area contributed by atoms with E-state index in [0.29, 0.717) is 33.9 Å².